The number of amides is 1. The fourth-order valence-electron chi connectivity index (χ4n) is 2.94. The Hall–Kier alpha value is -1.26. The van der Waals surface area contributed by atoms with Crippen LogP contribution in [-0.4, -0.2) is 55.5 Å². The van der Waals surface area contributed by atoms with Crippen molar-refractivity contribution in [1.82, 2.24) is 9.80 Å². The summed E-state index contributed by atoms with van der Waals surface area (Å²) in [4.78, 5) is 16.9. The van der Waals surface area contributed by atoms with Crippen LogP contribution in [0.15, 0.2) is 6.07 Å². The molecule has 22 heavy (non-hydrogen) atoms. The summed E-state index contributed by atoms with van der Waals surface area (Å²) in [5.41, 5.74) is 2.82. The normalized spacial score (nSPS) is 16.0. The maximum atomic E-state index is 12.6. The van der Waals surface area contributed by atoms with Crippen LogP contribution in [0, 0.1) is 13.8 Å². The van der Waals surface area contributed by atoms with Gasteiger partial charge in [0.1, 0.15) is 5.75 Å². The smallest absolute Gasteiger partial charge is 0.227 e. The molecule has 4 nitrogen and oxygen atoms in total. The molecule has 0 atom stereocenters. The van der Waals surface area contributed by atoms with Gasteiger partial charge in [-0.1, -0.05) is 18.5 Å². The highest BCUT2D eigenvalue weighted by molar-refractivity contribution is 6.32. The van der Waals surface area contributed by atoms with E-state index in [2.05, 4.69) is 11.8 Å². The Morgan fingerprint density at radius 2 is 1.91 bits per heavy atom. The molecule has 1 aromatic carbocycles. The van der Waals surface area contributed by atoms with Crippen LogP contribution in [0.4, 0.5) is 0 Å². The van der Waals surface area contributed by atoms with Crippen molar-refractivity contribution in [3.63, 3.8) is 0 Å². The number of rotatable bonds is 4. The predicted octanol–water partition coefficient (Wildman–Crippen LogP) is 2.67. The lowest BCUT2D eigenvalue weighted by Crippen LogP contribution is -2.48. The lowest BCUT2D eigenvalue weighted by molar-refractivity contribution is -0.132. The second-order valence-corrected chi connectivity index (χ2v) is 6.18. The van der Waals surface area contributed by atoms with Gasteiger partial charge >= 0.3 is 0 Å². The van der Waals surface area contributed by atoms with E-state index in [1.165, 1.54) is 0 Å². The fraction of sp³-hybridized carbons (Fsp3) is 0.588. The average molecular weight is 325 g/mol. The Morgan fingerprint density at radius 3 is 2.45 bits per heavy atom. The average Bonchev–Trinajstić information content (AvgIpc) is 2.55. The highest BCUT2D eigenvalue weighted by Crippen LogP contribution is 2.32. The minimum atomic E-state index is 0.150. The zero-order chi connectivity index (χ0) is 16.3. The van der Waals surface area contributed by atoms with Crippen LogP contribution in [0.2, 0.25) is 5.02 Å². The van der Waals surface area contributed by atoms with Crippen LogP contribution in [0.1, 0.15) is 23.6 Å². The van der Waals surface area contributed by atoms with Gasteiger partial charge in [0, 0.05) is 36.8 Å². The van der Waals surface area contributed by atoms with Gasteiger partial charge in [-0.2, -0.15) is 0 Å². The summed E-state index contributed by atoms with van der Waals surface area (Å²) in [5, 5.41) is 0.722. The van der Waals surface area contributed by atoms with E-state index in [-0.39, 0.29) is 5.91 Å². The number of piperazine rings is 1. The van der Waals surface area contributed by atoms with Gasteiger partial charge in [-0.15, -0.1) is 0 Å². The number of nitrogens with zero attached hydrogens (tertiary/aromatic N) is 2. The van der Waals surface area contributed by atoms with Crippen LogP contribution in [0.25, 0.3) is 0 Å². The quantitative estimate of drug-likeness (QED) is 0.853. The molecule has 0 aromatic heterocycles. The van der Waals surface area contributed by atoms with Gasteiger partial charge < -0.3 is 14.5 Å². The van der Waals surface area contributed by atoms with Gasteiger partial charge in [0.25, 0.3) is 0 Å². The summed E-state index contributed by atoms with van der Waals surface area (Å²) in [6.07, 6.45) is 0.348. The number of methoxy groups -OCH3 is 1. The maximum absolute atomic E-state index is 12.6. The van der Waals surface area contributed by atoms with Crippen molar-refractivity contribution in [3.05, 3.63) is 27.8 Å². The number of halogens is 1. The van der Waals surface area contributed by atoms with E-state index in [1.807, 2.05) is 24.8 Å². The fourth-order valence-corrected chi connectivity index (χ4v) is 3.11. The second-order valence-electron chi connectivity index (χ2n) is 5.81. The monoisotopic (exact) mass is 324 g/mol. The molecule has 0 saturated carbocycles. The van der Waals surface area contributed by atoms with E-state index >= 15 is 0 Å². The Bertz CT molecular complexity index is 552. The molecule has 1 amide bonds. The zero-order valence-corrected chi connectivity index (χ0v) is 14.7. The number of ether oxygens (including phenoxy) is 1. The Labute approximate surface area is 138 Å². The minimum absolute atomic E-state index is 0.150. The molecule has 122 valence electrons. The topological polar surface area (TPSA) is 32.8 Å². The molecule has 0 unspecified atom stereocenters. The Balaban J connectivity index is 2.13. The van der Waals surface area contributed by atoms with Crippen molar-refractivity contribution < 1.29 is 9.53 Å². The summed E-state index contributed by atoms with van der Waals surface area (Å²) in [5.74, 6) is 0.900. The van der Waals surface area contributed by atoms with Gasteiger partial charge in [0.15, 0.2) is 0 Å². The van der Waals surface area contributed by atoms with Crippen LogP contribution >= 0.6 is 11.6 Å². The molecule has 1 aliphatic heterocycles. The summed E-state index contributed by atoms with van der Waals surface area (Å²) >= 11 is 6.33. The van der Waals surface area contributed by atoms with Gasteiger partial charge in [-0.25, -0.2) is 0 Å². The lowest BCUT2D eigenvalue weighted by atomic mass is 10.0. The molecule has 5 heteroatoms. The number of hydrogen-bond donors (Lipinski definition) is 0. The second kappa shape index (κ2) is 7.34. The molecule has 1 aromatic rings. The van der Waals surface area contributed by atoms with Gasteiger partial charge in [0.05, 0.1) is 13.5 Å². The van der Waals surface area contributed by atoms with Crippen molar-refractivity contribution >= 4 is 17.5 Å². The van der Waals surface area contributed by atoms with E-state index in [9.17, 15) is 4.79 Å². The molecular weight excluding hydrogens is 300 g/mol. The number of carbonyl (C=O) groups excluding carboxylic acids is 1. The van der Waals surface area contributed by atoms with Crippen molar-refractivity contribution in [2.24, 2.45) is 0 Å². The van der Waals surface area contributed by atoms with Crippen LogP contribution in [0.5, 0.6) is 5.75 Å². The number of likely N-dealkylation sites (N-methyl/N-ethyl adjacent to an activating group) is 1. The highest BCUT2D eigenvalue weighted by Gasteiger charge is 2.23. The highest BCUT2D eigenvalue weighted by atomic mass is 35.5. The van der Waals surface area contributed by atoms with Crippen LogP contribution in [-0.2, 0) is 11.2 Å². The van der Waals surface area contributed by atoms with Gasteiger partial charge in [-0.3, -0.25) is 4.79 Å². The Kier molecular flexibility index (Phi) is 5.70. The van der Waals surface area contributed by atoms with E-state index in [1.54, 1.807) is 7.11 Å². The van der Waals surface area contributed by atoms with E-state index in [0.717, 1.165) is 60.2 Å². The van der Waals surface area contributed by atoms with Crippen molar-refractivity contribution in [1.29, 1.82) is 0 Å². The first-order valence-electron chi connectivity index (χ1n) is 7.80. The van der Waals surface area contributed by atoms with E-state index in [0.29, 0.717) is 6.42 Å². The molecule has 1 saturated heterocycles. The van der Waals surface area contributed by atoms with Crippen molar-refractivity contribution in [3.8, 4) is 5.75 Å². The van der Waals surface area contributed by atoms with Crippen molar-refractivity contribution in [2.45, 2.75) is 27.2 Å². The first-order valence-corrected chi connectivity index (χ1v) is 8.18. The third kappa shape index (κ3) is 3.55. The largest absolute Gasteiger partial charge is 0.496 e. The first kappa shape index (κ1) is 17.1. The lowest BCUT2D eigenvalue weighted by Gasteiger charge is -2.34. The minimum Gasteiger partial charge on any atom is -0.496 e. The SMILES string of the molecule is CCN1CCN(C(=O)Cc2c(OC)cc(C)c(Cl)c2C)CC1. The molecule has 0 radical (unpaired) electrons. The summed E-state index contributed by atoms with van der Waals surface area (Å²) in [6.45, 7) is 10.6. The van der Waals surface area contributed by atoms with Crippen molar-refractivity contribution in [2.75, 3.05) is 39.8 Å². The van der Waals surface area contributed by atoms with Crippen LogP contribution < -0.4 is 4.74 Å². The number of aryl methyl sites for hydroxylation is 1. The molecule has 0 spiro atoms. The van der Waals surface area contributed by atoms with E-state index in [4.69, 9.17) is 16.3 Å². The number of benzene rings is 1. The van der Waals surface area contributed by atoms with Gasteiger partial charge in [0.2, 0.25) is 5.91 Å². The third-order valence-corrected chi connectivity index (χ3v) is 5.07. The molecule has 0 bridgehead atoms. The molecule has 1 fully saturated rings. The Morgan fingerprint density at radius 1 is 1.27 bits per heavy atom. The summed E-state index contributed by atoms with van der Waals surface area (Å²) in [7, 11) is 1.64. The number of hydrogen-bond acceptors (Lipinski definition) is 3. The van der Waals surface area contributed by atoms with E-state index < -0.39 is 0 Å². The molecule has 1 heterocycles. The zero-order valence-electron chi connectivity index (χ0n) is 13.9. The standard InChI is InChI=1S/C17H25ClN2O2/c1-5-19-6-8-20(9-7-19)16(21)11-14-13(3)17(18)12(2)10-15(14)22-4/h10H,5-9,11H2,1-4H3. The van der Waals surface area contributed by atoms with Crippen LogP contribution in [0.3, 0.4) is 0 Å². The molecule has 0 N–H and O–H groups in total. The first-order chi connectivity index (χ1) is 10.5. The predicted molar refractivity (Wildman–Crippen MR) is 89.9 cm³/mol. The summed E-state index contributed by atoms with van der Waals surface area (Å²) in [6, 6.07) is 1.91. The summed E-state index contributed by atoms with van der Waals surface area (Å²) < 4.78 is 5.45. The molecular formula is C17H25ClN2O2. The molecule has 1 aliphatic rings. The third-order valence-electron chi connectivity index (χ3n) is 4.49. The molecule has 0 aliphatic carbocycles. The molecule has 2 rings (SSSR count). The number of carbonyl (C=O) groups is 1. The van der Waals surface area contributed by atoms with Gasteiger partial charge in [-0.05, 0) is 37.6 Å². The maximum Gasteiger partial charge on any atom is 0.227 e.